The molecule has 1 aromatic carbocycles. The molecule has 2 aromatic rings. The molecule has 10 heteroatoms. The van der Waals surface area contributed by atoms with Gasteiger partial charge in [-0.05, 0) is 40.2 Å². The summed E-state index contributed by atoms with van der Waals surface area (Å²) >= 11 is 0. The van der Waals surface area contributed by atoms with Gasteiger partial charge in [0.2, 0.25) is 5.78 Å². The molecule has 1 heterocycles. The van der Waals surface area contributed by atoms with Gasteiger partial charge in [-0.15, -0.1) is 9.81 Å². The van der Waals surface area contributed by atoms with E-state index in [1.807, 2.05) is 0 Å². The number of nitriles is 1. The van der Waals surface area contributed by atoms with Crippen LogP contribution in [0.3, 0.4) is 0 Å². The van der Waals surface area contributed by atoms with Crippen molar-refractivity contribution in [3.8, 4) is 11.8 Å². The second-order valence-electron chi connectivity index (χ2n) is 4.77. The molecule has 0 unspecified atom stereocenters. The summed E-state index contributed by atoms with van der Waals surface area (Å²) in [4.78, 5) is 44.9. The number of aryl methyl sites for hydroxylation is 1. The molecule has 0 saturated heterocycles. The van der Waals surface area contributed by atoms with Crippen LogP contribution in [0.5, 0.6) is 5.75 Å². The Balaban J connectivity index is 2.52. The molecule has 0 aliphatic heterocycles. The van der Waals surface area contributed by atoms with Gasteiger partial charge in [-0.1, -0.05) is 0 Å². The Hall–Kier alpha value is -4.00. The first-order chi connectivity index (χ1) is 11.9. The second-order valence-corrected chi connectivity index (χ2v) is 4.77. The summed E-state index contributed by atoms with van der Waals surface area (Å²) in [5.74, 6) is -1.39. The molecule has 0 amide bonds. The topological polar surface area (TPSA) is 155 Å². The molecule has 0 spiro atoms. The first-order valence-electron chi connectivity index (χ1n) is 6.65. The van der Waals surface area contributed by atoms with Crippen LogP contribution in [0.1, 0.15) is 16.1 Å². The number of Topliss-reactive ketones (excluding diaryl/α,β-unsaturated/α-hetero) is 1. The fourth-order valence-corrected chi connectivity index (χ4v) is 1.95. The van der Waals surface area contributed by atoms with E-state index < -0.39 is 28.5 Å². The molecule has 2 rings (SSSR count). The van der Waals surface area contributed by atoms with Crippen LogP contribution < -0.4 is 5.56 Å². The molecule has 124 valence electrons. The summed E-state index contributed by atoms with van der Waals surface area (Å²) < 4.78 is 0.938. The van der Waals surface area contributed by atoms with Gasteiger partial charge in [-0.2, -0.15) is 10.4 Å². The highest BCUT2D eigenvalue weighted by molar-refractivity contribution is 6.12. The van der Waals surface area contributed by atoms with Crippen LogP contribution in [0, 0.1) is 21.1 Å². The van der Waals surface area contributed by atoms with Gasteiger partial charge in [-0.25, -0.2) is 4.68 Å². The Morgan fingerprint density at radius 3 is 2.60 bits per heavy atom. The van der Waals surface area contributed by atoms with Gasteiger partial charge >= 0.3 is 0 Å². The minimum absolute atomic E-state index is 0.0780. The normalized spacial score (nSPS) is 10.8. The van der Waals surface area contributed by atoms with Crippen LogP contribution >= 0.6 is 0 Å². The number of carbonyl (C=O) groups excluding carboxylic acids is 1. The molecule has 0 bridgehead atoms. The standard InChI is InChI=1S/C15H9N5O5/c1-20-13(22)3-2-10(17-20)15(23)9(7-16)4-8-5-11(18-24)14(19-25)12(21)6-8/h2-6,21H,1H3/b9-4+. The lowest BCUT2D eigenvalue weighted by molar-refractivity contribution is 0.103. The molecular formula is C15H9N5O5. The van der Waals surface area contributed by atoms with Crippen molar-refractivity contribution >= 4 is 23.2 Å². The number of ketones is 1. The van der Waals surface area contributed by atoms with E-state index in [-0.39, 0.29) is 16.8 Å². The molecule has 0 aliphatic rings. The zero-order valence-electron chi connectivity index (χ0n) is 12.7. The average Bonchev–Trinajstić information content (AvgIpc) is 2.60. The molecule has 1 N–H and O–H groups in total. The highest BCUT2D eigenvalue weighted by Gasteiger charge is 2.16. The first-order valence-corrected chi connectivity index (χ1v) is 6.65. The van der Waals surface area contributed by atoms with E-state index in [2.05, 4.69) is 15.5 Å². The summed E-state index contributed by atoms with van der Waals surface area (Å²) in [6.45, 7) is 0. The zero-order chi connectivity index (χ0) is 18.6. The van der Waals surface area contributed by atoms with E-state index in [4.69, 9.17) is 0 Å². The predicted octanol–water partition coefficient (Wildman–Crippen LogP) is 2.07. The third kappa shape index (κ3) is 3.50. The van der Waals surface area contributed by atoms with Gasteiger partial charge in [0.05, 0.1) is 0 Å². The smallest absolute Gasteiger partial charge is 0.266 e. The second kappa shape index (κ2) is 7.05. The Morgan fingerprint density at radius 2 is 2.04 bits per heavy atom. The lowest BCUT2D eigenvalue weighted by Crippen LogP contribution is -2.21. The maximum Gasteiger partial charge on any atom is 0.266 e. The summed E-state index contributed by atoms with van der Waals surface area (Å²) in [6, 6.07) is 6.11. The minimum atomic E-state index is -0.768. The van der Waals surface area contributed by atoms with Gasteiger partial charge in [0, 0.05) is 13.1 Å². The number of hydrogen-bond donors (Lipinski definition) is 1. The lowest BCUT2D eigenvalue weighted by Gasteiger charge is -2.03. The van der Waals surface area contributed by atoms with Crippen molar-refractivity contribution < 1.29 is 9.90 Å². The summed E-state index contributed by atoms with van der Waals surface area (Å²) in [5, 5.41) is 27.7. The quantitative estimate of drug-likeness (QED) is 0.378. The minimum Gasteiger partial charge on any atom is -0.505 e. The van der Waals surface area contributed by atoms with Gasteiger partial charge < -0.3 is 5.11 Å². The van der Waals surface area contributed by atoms with Crippen molar-refractivity contribution in [2.75, 3.05) is 0 Å². The van der Waals surface area contributed by atoms with E-state index in [0.29, 0.717) is 0 Å². The molecule has 0 saturated carbocycles. The van der Waals surface area contributed by atoms with Gasteiger partial charge in [0.15, 0.2) is 5.69 Å². The summed E-state index contributed by atoms with van der Waals surface area (Å²) in [6.07, 6.45) is 1.08. The highest BCUT2D eigenvalue weighted by Crippen LogP contribution is 2.38. The Kier molecular flexibility index (Phi) is 4.89. The Labute approximate surface area is 139 Å². The number of aromatic hydroxyl groups is 1. The third-order valence-electron chi connectivity index (χ3n) is 3.15. The van der Waals surface area contributed by atoms with Crippen molar-refractivity contribution in [3.63, 3.8) is 0 Å². The van der Waals surface area contributed by atoms with E-state index in [0.717, 1.165) is 29.0 Å². The number of hydrogen-bond acceptors (Lipinski definition) is 9. The number of carbonyl (C=O) groups is 1. The number of rotatable bonds is 5. The Morgan fingerprint density at radius 1 is 1.32 bits per heavy atom. The number of benzene rings is 1. The third-order valence-corrected chi connectivity index (χ3v) is 3.15. The maximum atomic E-state index is 12.3. The van der Waals surface area contributed by atoms with Crippen LogP contribution in [0.2, 0.25) is 0 Å². The number of allylic oxidation sites excluding steroid dienone is 1. The molecule has 0 fully saturated rings. The molecule has 0 aliphatic carbocycles. The van der Waals surface area contributed by atoms with Gasteiger partial charge in [0.1, 0.15) is 28.8 Å². The largest absolute Gasteiger partial charge is 0.505 e. The van der Waals surface area contributed by atoms with Crippen molar-refractivity contribution in [1.82, 2.24) is 9.78 Å². The average molecular weight is 339 g/mol. The monoisotopic (exact) mass is 339 g/mol. The van der Waals surface area contributed by atoms with Crippen molar-refractivity contribution in [2.24, 2.45) is 17.4 Å². The van der Waals surface area contributed by atoms with Crippen molar-refractivity contribution in [3.05, 3.63) is 61.3 Å². The first kappa shape index (κ1) is 17.4. The summed E-state index contributed by atoms with van der Waals surface area (Å²) in [5.41, 5.74) is -1.84. The lowest BCUT2D eigenvalue weighted by atomic mass is 10.0. The molecule has 0 radical (unpaired) electrons. The fourth-order valence-electron chi connectivity index (χ4n) is 1.95. The molecule has 0 atom stereocenters. The van der Waals surface area contributed by atoms with E-state index >= 15 is 0 Å². The van der Waals surface area contributed by atoms with E-state index in [1.165, 1.54) is 13.1 Å². The van der Waals surface area contributed by atoms with Crippen LogP contribution in [0.15, 0.2) is 45.0 Å². The Bertz CT molecular complexity index is 1020. The number of phenolic OH excluding ortho intramolecular Hbond substituents is 1. The number of aromatic nitrogens is 2. The highest BCUT2D eigenvalue weighted by atomic mass is 16.3. The number of nitrogens with zero attached hydrogens (tertiary/aromatic N) is 5. The maximum absolute atomic E-state index is 12.3. The van der Waals surface area contributed by atoms with Crippen LogP contribution in [-0.4, -0.2) is 20.7 Å². The summed E-state index contributed by atoms with van der Waals surface area (Å²) in [7, 11) is 1.35. The van der Waals surface area contributed by atoms with Crippen LogP contribution in [0.25, 0.3) is 6.08 Å². The predicted molar refractivity (Wildman–Crippen MR) is 86.4 cm³/mol. The van der Waals surface area contributed by atoms with E-state index in [9.17, 15) is 29.8 Å². The number of phenols is 1. The van der Waals surface area contributed by atoms with Crippen molar-refractivity contribution in [2.45, 2.75) is 0 Å². The van der Waals surface area contributed by atoms with E-state index in [1.54, 1.807) is 6.07 Å². The van der Waals surface area contributed by atoms with Crippen molar-refractivity contribution in [1.29, 1.82) is 5.26 Å². The molecule has 25 heavy (non-hydrogen) atoms. The zero-order valence-corrected chi connectivity index (χ0v) is 12.7. The number of nitroso groups, excluding NO2 is 2. The van der Waals surface area contributed by atoms with Gasteiger partial charge in [-0.3, -0.25) is 9.59 Å². The SMILES string of the molecule is Cn1nc(C(=O)/C(C#N)=C/c2cc(O)c(N=O)c(N=O)c2)ccc1=O. The molecular weight excluding hydrogens is 330 g/mol. The fraction of sp³-hybridized carbons (Fsp3) is 0.0667. The molecule has 10 nitrogen and oxygen atoms in total. The molecule has 1 aromatic heterocycles. The van der Waals surface area contributed by atoms with Gasteiger partial charge in [0.25, 0.3) is 5.56 Å². The van der Waals surface area contributed by atoms with Crippen LogP contribution in [0.4, 0.5) is 11.4 Å². The van der Waals surface area contributed by atoms with Crippen LogP contribution in [-0.2, 0) is 7.05 Å².